The van der Waals surface area contributed by atoms with Gasteiger partial charge >= 0.3 is 6.18 Å². The number of nitrogens with one attached hydrogen (secondary N) is 2. The third-order valence-corrected chi connectivity index (χ3v) is 5.84. The minimum atomic E-state index is -4.63. The van der Waals surface area contributed by atoms with Crippen LogP contribution in [0.1, 0.15) is 47.6 Å². The van der Waals surface area contributed by atoms with Crippen molar-refractivity contribution in [3.8, 4) is 0 Å². The van der Waals surface area contributed by atoms with Crippen molar-refractivity contribution in [3.05, 3.63) is 59.7 Å². The molecule has 0 spiro atoms. The average molecular weight is 461 g/mol. The first-order valence-electron chi connectivity index (χ1n) is 10.5. The third kappa shape index (κ3) is 4.82. The van der Waals surface area contributed by atoms with Gasteiger partial charge in [-0.15, -0.1) is 0 Å². The van der Waals surface area contributed by atoms with Gasteiger partial charge in [-0.25, -0.2) is 10.5 Å². The smallest absolute Gasteiger partial charge is 0.348 e. The summed E-state index contributed by atoms with van der Waals surface area (Å²) in [5.74, 6) is -2.53. The largest absolute Gasteiger partial charge is 0.449 e. The van der Waals surface area contributed by atoms with Crippen molar-refractivity contribution in [2.45, 2.75) is 44.4 Å². The Bertz CT molecular complexity index is 1160. The molecule has 0 bridgehead atoms. The molecule has 3 N–H and O–H groups in total. The molecule has 2 amide bonds. The van der Waals surface area contributed by atoms with Crippen LogP contribution < -0.4 is 10.8 Å². The molecule has 8 nitrogen and oxygen atoms in total. The van der Waals surface area contributed by atoms with E-state index in [0.717, 1.165) is 17.4 Å². The monoisotopic (exact) mass is 461 g/mol. The molecule has 1 aromatic carbocycles. The van der Waals surface area contributed by atoms with E-state index in [0.29, 0.717) is 24.1 Å². The van der Waals surface area contributed by atoms with E-state index in [1.807, 2.05) is 0 Å². The van der Waals surface area contributed by atoms with E-state index in [1.54, 1.807) is 23.7 Å². The summed E-state index contributed by atoms with van der Waals surface area (Å²) in [7, 11) is 0. The van der Waals surface area contributed by atoms with Crippen molar-refractivity contribution >= 4 is 22.8 Å². The number of amides is 2. The number of benzene rings is 1. The minimum Gasteiger partial charge on any atom is -0.348 e. The highest BCUT2D eigenvalue weighted by Crippen LogP contribution is 2.32. The molecule has 1 aliphatic carbocycles. The molecule has 11 heteroatoms. The molecule has 1 fully saturated rings. The maximum Gasteiger partial charge on any atom is 0.449 e. The fourth-order valence-corrected chi connectivity index (χ4v) is 4.22. The van der Waals surface area contributed by atoms with E-state index in [4.69, 9.17) is 5.21 Å². The van der Waals surface area contributed by atoms with E-state index in [-0.39, 0.29) is 17.6 Å². The first-order chi connectivity index (χ1) is 15.8. The van der Waals surface area contributed by atoms with E-state index in [2.05, 4.69) is 15.3 Å². The number of halogens is 3. The summed E-state index contributed by atoms with van der Waals surface area (Å²) < 4.78 is 41.5. The highest BCUT2D eigenvalue weighted by molar-refractivity contribution is 5.94. The number of carbonyl (C=O) groups excluding carboxylic acids is 2. The van der Waals surface area contributed by atoms with Crippen LogP contribution in [0.15, 0.2) is 42.6 Å². The summed E-state index contributed by atoms with van der Waals surface area (Å²) in [4.78, 5) is 32.4. The molecular weight excluding hydrogens is 439 g/mol. The number of pyridine rings is 1. The van der Waals surface area contributed by atoms with Crippen LogP contribution in [0.25, 0.3) is 11.0 Å². The second-order valence-corrected chi connectivity index (χ2v) is 7.99. The Morgan fingerprint density at radius 3 is 2.58 bits per heavy atom. The number of fused-ring (bicyclic) bond motifs is 1. The number of para-hydroxylation sites is 2. The summed E-state index contributed by atoms with van der Waals surface area (Å²) >= 11 is 0. The zero-order chi connectivity index (χ0) is 23.6. The number of hydrogen-bond acceptors (Lipinski definition) is 5. The van der Waals surface area contributed by atoms with Crippen molar-refractivity contribution in [1.82, 2.24) is 25.3 Å². The Hall–Kier alpha value is -3.47. The van der Waals surface area contributed by atoms with Crippen LogP contribution in [-0.4, -0.2) is 37.6 Å². The van der Waals surface area contributed by atoms with Gasteiger partial charge in [0.1, 0.15) is 0 Å². The Morgan fingerprint density at radius 1 is 1.12 bits per heavy atom. The lowest BCUT2D eigenvalue weighted by atomic mass is 9.84. The second-order valence-electron chi connectivity index (χ2n) is 7.99. The highest BCUT2D eigenvalue weighted by Gasteiger charge is 2.37. The summed E-state index contributed by atoms with van der Waals surface area (Å²) in [6, 6.07) is 8.87. The maximum absolute atomic E-state index is 13.5. The number of alkyl halides is 3. The number of hydroxylamine groups is 1. The normalized spacial score (nSPS) is 18.8. The van der Waals surface area contributed by atoms with Gasteiger partial charge in [-0.1, -0.05) is 25.0 Å². The van der Waals surface area contributed by atoms with Gasteiger partial charge in [0.05, 0.1) is 34.8 Å². The van der Waals surface area contributed by atoms with Crippen molar-refractivity contribution in [2.24, 2.45) is 5.92 Å². The molecule has 174 valence electrons. The fraction of sp³-hybridized carbons (Fsp3) is 0.364. The lowest BCUT2D eigenvalue weighted by molar-refractivity contribution is -0.146. The van der Waals surface area contributed by atoms with Crippen LogP contribution >= 0.6 is 0 Å². The molecule has 0 unspecified atom stereocenters. The van der Waals surface area contributed by atoms with Gasteiger partial charge in [0, 0.05) is 12.2 Å². The number of aromatic nitrogens is 3. The first-order valence-corrected chi connectivity index (χ1v) is 10.5. The van der Waals surface area contributed by atoms with Gasteiger partial charge in [-0.05, 0) is 37.1 Å². The van der Waals surface area contributed by atoms with Crippen LogP contribution in [0.5, 0.6) is 0 Å². The van der Waals surface area contributed by atoms with Crippen LogP contribution in [0.3, 0.4) is 0 Å². The first kappa shape index (κ1) is 22.7. The predicted octanol–water partition coefficient (Wildman–Crippen LogP) is 3.29. The Kier molecular flexibility index (Phi) is 6.32. The summed E-state index contributed by atoms with van der Waals surface area (Å²) in [5.41, 5.74) is 2.76. The molecular formula is C22H22F3N5O3. The molecule has 2 aromatic heterocycles. The van der Waals surface area contributed by atoms with E-state index in [9.17, 15) is 22.8 Å². The fourth-order valence-electron chi connectivity index (χ4n) is 4.22. The molecule has 0 saturated heterocycles. The Morgan fingerprint density at radius 2 is 1.88 bits per heavy atom. The molecule has 33 heavy (non-hydrogen) atoms. The van der Waals surface area contributed by atoms with Crippen LogP contribution in [0.4, 0.5) is 13.2 Å². The lowest BCUT2D eigenvalue weighted by Crippen LogP contribution is -2.47. The summed E-state index contributed by atoms with van der Waals surface area (Å²) in [6.45, 7) is -0.168. The zero-order valence-corrected chi connectivity index (χ0v) is 17.5. The number of imidazole rings is 1. The summed E-state index contributed by atoms with van der Waals surface area (Å²) in [6.07, 6.45) is -0.517. The van der Waals surface area contributed by atoms with Gasteiger partial charge in [-0.2, -0.15) is 13.2 Å². The van der Waals surface area contributed by atoms with E-state index in [1.165, 1.54) is 24.4 Å². The molecule has 4 rings (SSSR count). The minimum absolute atomic E-state index is 0.168. The lowest BCUT2D eigenvalue weighted by Gasteiger charge is -2.30. The van der Waals surface area contributed by atoms with E-state index >= 15 is 0 Å². The van der Waals surface area contributed by atoms with Gasteiger partial charge in [0.2, 0.25) is 11.7 Å². The van der Waals surface area contributed by atoms with E-state index < -0.39 is 35.8 Å². The van der Waals surface area contributed by atoms with Crippen LogP contribution in [-0.2, 0) is 17.5 Å². The third-order valence-electron chi connectivity index (χ3n) is 5.84. The molecule has 2 atom stereocenters. The SMILES string of the molecule is O=C(N[C@@H]1CCCC[C@@H]1C(=O)NO)c1ccc(Cn2c(C(F)(F)F)nc3ccccc32)nc1. The van der Waals surface area contributed by atoms with Crippen molar-refractivity contribution in [1.29, 1.82) is 0 Å². The zero-order valence-electron chi connectivity index (χ0n) is 17.5. The molecule has 0 radical (unpaired) electrons. The topological polar surface area (TPSA) is 109 Å². The number of rotatable bonds is 5. The molecule has 3 aromatic rings. The summed E-state index contributed by atoms with van der Waals surface area (Å²) in [5, 5.41) is 11.7. The predicted molar refractivity (Wildman–Crippen MR) is 111 cm³/mol. The number of carbonyl (C=O) groups is 2. The van der Waals surface area contributed by atoms with Crippen molar-refractivity contribution in [2.75, 3.05) is 0 Å². The van der Waals surface area contributed by atoms with Crippen molar-refractivity contribution < 1.29 is 28.0 Å². The quantitative estimate of drug-likeness (QED) is 0.399. The maximum atomic E-state index is 13.5. The van der Waals surface area contributed by atoms with Gasteiger partial charge < -0.3 is 9.88 Å². The second kappa shape index (κ2) is 9.18. The van der Waals surface area contributed by atoms with Crippen LogP contribution in [0.2, 0.25) is 0 Å². The Balaban J connectivity index is 1.51. The molecule has 0 aliphatic heterocycles. The molecule has 2 heterocycles. The average Bonchev–Trinajstić information content (AvgIpc) is 3.18. The van der Waals surface area contributed by atoms with Gasteiger partial charge in [0.25, 0.3) is 5.91 Å². The van der Waals surface area contributed by atoms with Gasteiger partial charge in [-0.3, -0.25) is 19.8 Å². The van der Waals surface area contributed by atoms with Crippen molar-refractivity contribution in [3.63, 3.8) is 0 Å². The number of nitrogens with zero attached hydrogens (tertiary/aromatic N) is 3. The van der Waals surface area contributed by atoms with Gasteiger partial charge in [0.15, 0.2) is 0 Å². The molecule has 1 saturated carbocycles. The Labute approximate surface area is 186 Å². The highest BCUT2D eigenvalue weighted by atomic mass is 19.4. The standard InChI is InChI=1S/C22H22F3N5O3/c23-22(24,25)21-28-17-7-3-4-8-18(17)30(21)12-14-10-9-13(11-26-14)19(31)27-16-6-2-1-5-15(16)20(32)29-33/h3-4,7-11,15-16,33H,1-2,5-6,12H2,(H,27,31)(H,29,32)/t15-,16+/m0/s1. The molecule has 1 aliphatic rings. The number of hydrogen-bond donors (Lipinski definition) is 3. The van der Waals surface area contributed by atoms with Crippen LogP contribution in [0, 0.1) is 5.92 Å².